The molecule has 3 nitrogen and oxygen atoms in total. The zero-order valence-electron chi connectivity index (χ0n) is 11.5. The summed E-state index contributed by atoms with van der Waals surface area (Å²) in [6, 6.07) is 6.22. The van der Waals surface area contributed by atoms with E-state index in [2.05, 4.69) is 33.4 Å². The largest absolute Gasteiger partial charge is 0.489 e. The SMILES string of the molecule is COCCNCc1cccc(Br)c1OC1CCCC1. The Morgan fingerprint density at radius 2 is 2.11 bits per heavy atom. The first-order valence-corrected chi connectivity index (χ1v) is 7.74. The molecule has 1 fully saturated rings. The van der Waals surface area contributed by atoms with Gasteiger partial charge >= 0.3 is 0 Å². The normalized spacial score (nSPS) is 15.9. The van der Waals surface area contributed by atoms with Crippen molar-refractivity contribution in [1.82, 2.24) is 5.32 Å². The van der Waals surface area contributed by atoms with Crippen molar-refractivity contribution in [3.8, 4) is 5.75 Å². The minimum absolute atomic E-state index is 0.386. The Hall–Kier alpha value is -0.580. The monoisotopic (exact) mass is 327 g/mol. The summed E-state index contributed by atoms with van der Waals surface area (Å²) in [6.07, 6.45) is 5.32. The molecular weight excluding hydrogens is 306 g/mol. The van der Waals surface area contributed by atoms with E-state index in [9.17, 15) is 0 Å². The number of benzene rings is 1. The number of hydrogen-bond donors (Lipinski definition) is 1. The molecular formula is C15H22BrNO2. The molecule has 0 aromatic heterocycles. The lowest BCUT2D eigenvalue weighted by molar-refractivity contribution is 0.196. The van der Waals surface area contributed by atoms with E-state index in [4.69, 9.17) is 9.47 Å². The minimum Gasteiger partial charge on any atom is -0.489 e. The topological polar surface area (TPSA) is 30.5 Å². The highest BCUT2D eigenvalue weighted by Crippen LogP contribution is 2.33. The van der Waals surface area contributed by atoms with Crippen molar-refractivity contribution in [2.75, 3.05) is 20.3 Å². The first-order chi connectivity index (χ1) is 9.31. The highest BCUT2D eigenvalue weighted by atomic mass is 79.9. The van der Waals surface area contributed by atoms with Gasteiger partial charge in [0.05, 0.1) is 17.2 Å². The standard InChI is InChI=1S/C15H22BrNO2/c1-18-10-9-17-11-12-5-4-8-14(16)15(12)19-13-6-2-3-7-13/h4-5,8,13,17H,2-3,6-7,9-11H2,1H3. The fourth-order valence-electron chi connectivity index (χ4n) is 2.39. The molecule has 0 bridgehead atoms. The number of nitrogens with one attached hydrogen (secondary N) is 1. The van der Waals surface area contributed by atoms with Gasteiger partial charge in [-0.1, -0.05) is 12.1 Å². The van der Waals surface area contributed by atoms with Crippen LogP contribution in [0.5, 0.6) is 5.75 Å². The van der Waals surface area contributed by atoms with Crippen LogP contribution in [0.3, 0.4) is 0 Å². The van der Waals surface area contributed by atoms with E-state index < -0.39 is 0 Å². The third-order valence-electron chi connectivity index (χ3n) is 3.43. The van der Waals surface area contributed by atoms with Crippen molar-refractivity contribution in [3.63, 3.8) is 0 Å². The Balaban J connectivity index is 1.98. The highest BCUT2D eigenvalue weighted by Gasteiger charge is 2.19. The zero-order chi connectivity index (χ0) is 13.5. The summed E-state index contributed by atoms with van der Waals surface area (Å²) in [6.45, 7) is 2.39. The molecule has 0 unspecified atom stereocenters. The average molecular weight is 328 g/mol. The molecule has 1 aliphatic rings. The van der Waals surface area contributed by atoms with Crippen LogP contribution in [0.4, 0.5) is 0 Å². The van der Waals surface area contributed by atoms with Gasteiger partial charge in [-0.25, -0.2) is 0 Å². The van der Waals surface area contributed by atoms with Crippen molar-refractivity contribution in [2.24, 2.45) is 0 Å². The molecule has 0 saturated heterocycles. The Morgan fingerprint density at radius 1 is 1.32 bits per heavy atom. The minimum atomic E-state index is 0.386. The molecule has 1 N–H and O–H groups in total. The Kier molecular flexibility index (Phi) is 6.14. The molecule has 106 valence electrons. The summed E-state index contributed by atoms with van der Waals surface area (Å²) in [5, 5.41) is 3.37. The third kappa shape index (κ3) is 4.48. The molecule has 0 atom stereocenters. The van der Waals surface area contributed by atoms with E-state index in [1.54, 1.807) is 7.11 Å². The van der Waals surface area contributed by atoms with Gasteiger partial charge in [0, 0.05) is 25.8 Å². The number of rotatable bonds is 7. The number of para-hydroxylation sites is 1. The van der Waals surface area contributed by atoms with Gasteiger partial charge in [0.15, 0.2) is 0 Å². The van der Waals surface area contributed by atoms with Crippen LogP contribution in [0.25, 0.3) is 0 Å². The highest BCUT2D eigenvalue weighted by molar-refractivity contribution is 9.10. The maximum Gasteiger partial charge on any atom is 0.138 e. The van der Waals surface area contributed by atoms with Crippen LogP contribution in [0.2, 0.25) is 0 Å². The van der Waals surface area contributed by atoms with Gasteiger partial charge in [-0.15, -0.1) is 0 Å². The molecule has 4 heteroatoms. The van der Waals surface area contributed by atoms with Gasteiger partial charge < -0.3 is 14.8 Å². The van der Waals surface area contributed by atoms with E-state index in [-0.39, 0.29) is 0 Å². The van der Waals surface area contributed by atoms with Gasteiger partial charge in [-0.3, -0.25) is 0 Å². The number of methoxy groups -OCH3 is 1. The summed E-state index contributed by atoms with van der Waals surface area (Å²) in [5.74, 6) is 0.999. The second kappa shape index (κ2) is 7.88. The van der Waals surface area contributed by atoms with Gasteiger partial charge in [0.2, 0.25) is 0 Å². The molecule has 0 spiro atoms. The molecule has 0 radical (unpaired) electrons. The van der Waals surface area contributed by atoms with Crippen LogP contribution in [0, 0.1) is 0 Å². The van der Waals surface area contributed by atoms with Crippen molar-refractivity contribution < 1.29 is 9.47 Å². The first kappa shape index (κ1) is 14.8. The molecule has 0 amide bonds. The molecule has 1 aromatic rings. The predicted octanol–water partition coefficient (Wildman–Crippen LogP) is 3.51. The summed E-state index contributed by atoms with van der Waals surface area (Å²) in [4.78, 5) is 0. The number of hydrogen-bond acceptors (Lipinski definition) is 3. The quantitative estimate of drug-likeness (QED) is 0.777. The number of halogens is 1. The van der Waals surface area contributed by atoms with E-state index in [0.29, 0.717) is 6.10 Å². The maximum atomic E-state index is 6.18. The maximum absolute atomic E-state index is 6.18. The molecule has 1 saturated carbocycles. The predicted molar refractivity (Wildman–Crippen MR) is 80.6 cm³/mol. The summed E-state index contributed by atoms with van der Waals surface area (Å²) >= 11 is 3.60. The molecule has 2 rings (SSSR count). The molecule has 1 aliphatic carbocycles. The van der Waals surface area contributed by atoms with Crippen LogP contribution in [0.15, 0.2) is 22.7 Å². The van der Waals surface area contributed by atoms with Gasteiger partial charge in [-0.2, -0.15) is 0 Å². The van der Waals surface area contributed by atoms with Crippen LogP contribution >= 0.6 is 15.9 Å². The van der Waals surface area contributed by atoms with Crippen LogP contribution in [-0.4, -0.2) is 26.4 Å². The second-order valence-electron chi connectivity index (χ2n) is 4.92. The van der Waals surface area contributed by atoms with Crippen molar-refractivity contribution >= 4 is 15.9 Å². The number of ether oxygens (including phenoxy) is 2. The molecule has 1 aromatic carbocycles. The lowest BCUT2D eigenvalue weighted by Crippen LogP contribution is -2.20. The zero-order valence-corrected chi connectivity index (χ0v) is 13.0. The van der Waals surface area contributed by atoms with E-state index in [0.717, 1.165) is 29.9 Å². The summed E-state index contributed by atoms with van der Waals surface area (Å²) in [5.41, 5.74) is 1.21. The molecule has 0 heterocycles. The van der Waals surface area contributed by atoms with Crippen molar-refractivity contribution in [2.45, 2.75) is 38.3 Å². The van der Waals surface area contributed by atoms with E-state index >= 15 is 0 Å². The molecule has 0 aliphatic heterocycles. The lowest BCUT2D eigenvalue weighted by atomic mass is 10.2. The van der Waals surface area contributed by atoms with Gasteiger partial charge in [-0.05, 0) is 47.7 Å². The second-order valence-corrected chi connectivity index (χ2v) is 5.78. The molecule has 19 heavy (non-hydrogen) atoms. The van der Waals surface area contributed by atoms with Crippen LogP contribution in [-0.2, 0) is 11.3 Å². The smallest absolute Gasteiger partial charge is 0.138 e. The lowest BCUT2D eigenvalue weighted by Gasteiger charge is -2.18. The van der Waals surface area contributed by atoms with E-state index in [1.165, 1.54) is 31.2 Å². The van der Waals surface area contributed by atoms with Crippen molar-refractivity contribution in [1.29, 1.82) is 0 Å². The fraction of sp³-hybridized carbons (Fsp3) is 0.600. The Bertz CT molecular complexity index is 392. The van der Waals surface area contributed by atoms with Crippen molar-refractivity contribution in [3.05, 3.63) is 28.2 Å². The Labute approximate surface area is 123 Å². The third-order valence-corrected chi connectivity index (χ3v) is 4.06. The summed E-state index contributed by atoms with van der Waals surface area (Å²) < 4.78 is 12.3. The average Bonchev–Trinajstić information content (AvgIpc) is 2.91. The van der Waals surface area contributed by atoms with E-state index in [1.807, 2.05) is 6.07 Å². The van der Waals surface area contributed by atoms with Crippen LogP contribution in [0.1, 0.15) is 31.2 Å². The van der Waals surface area contributed by atoms with Gasteiger partial charge in [0.1, 0.15) is 5.75 Å². The van der Waals surface area contributed by atoms with Gasteiger partial charge in [0.25, 0.3) is 0 Å². The summed E-state index contributed by atoms with van der Waals surface area (Å²) in [7, 11) is 1.72. The first-order valence-electron chi connectivity index (χ1n) is 6.95. The Morgan fingerprint density at radius 3 is 2.84 bits per heavy atom. The van der Waals surface area contributed by atoms with Crippen LogP contribution < -0.4 is 10.1 Å². The fourth-order valence-corrected chi connectivity index (χ4v) is 2.90.